The van der Waals surface area contributed by atoms with E-state index in [0.29, 0.717) is 0 Å². The molecule has 1 saturated heterocycles. The molecule has 0 bridgehead atoms. The van der Waals surface area contributed by atoms with Crippen LogP contribution in [-0.2, 0) is 11.3 Å². The zero-order chi connectivity index (χ0) is 16.9. The second-order valence-corrected chi connectivity index (χ2v) is 7.44. The van der Waals surface area contributed by atoms with E-state index in [0.717, 1.165) is 47.3 Å². The van der Waals surface area contributed by atoms with Crippen molar-refractivity contribution >= 4 is 34.2 Å². The molecule has 1 unspecified atom stereocenters. The Bertz CT molecular complexity index is 688. The van der Waals surface area contributed by atoms with Crippen molar-refractivity contribution in [1.82, 2.24) is 4.90 Å². The van der Waals surface area contributed by atoms with Crippen molar-refractivity contribution in [1.29, 1.82) is 0 Å². The van der Waals surface area contributed by atoms with E-state index in [9.17, 15) is 9.18 Å². The molecule has 0 aliphatic carbocycles. The summed E-state index contributed by atoms with van der Waals surface area (Å²) in [4.78, 5) is 14.8. The maximum Gasteiger partial charge on any atom is 0.228 e. The van der Waals surface area contributed by atoms with Crippen LogP contribution in [0.15, 0.2) is 48.5 Å². The fourth-order valence-electron chi connectivity index (χ4n) is 3.04. The monoisotopic (exact) mass is 438 g/mol. The van der Waals surface area contributed by atoms with E-state index in [4.69, 9.17) is 0 Å². The SMILES string of the molecule is O=C(Nc1ccc(I)cc1)C1CCCN(Cc2ccc(F)cc2)C1. The summed E-state index contributed by atoms with van der Waals surface area (Å²) in [5.41, 5.74) is 1.92. The minimum Gasteiger partial charge on any atom is -0.326 e. The Kier molecular flexibility index (Phi) is 5.84. The summed E-state index contributed by atoms with van der Waals surface area (Å²) in [5.74, 6) is -0.134. The lowest BCUT2D eigenvalue weighted by Gasteiger charge is -2.32. The summed E-state index contributed by atoms with van der Waals surface area (Å²) in [7, 11) is 0. The fourth-order valence-corrected chi connectivity index (χ4v) is 3.40. The molecule has 5 heteroatoms. The van der Waals surface area contributed by atoms with Gasteiger partial charge in [0.25, 0.3) is 0 Å². The van der Waals surface area contributed by atoms with Gasteiger partial charge in [0.1, 0.15) is 5.82 Å². The van der Waals surface area contributed by atoms with Crippen LogP contribution in [0.1, 0.15) is 18.4 Å². The zero-order valence-corrected chi connectivity index (χ0v) is 15.5. The van der Waals surface area contributed by atoms with Crippen LogP contribution in [0.25, 0.3) is 0 Å². The molecule has 1 N–H and O–H groups in total. The van der Waals surface area contributed by atoms with Gasteiger partial charge in [0.15, 0.2) is 0 Å². The molecule has 1 fully saturated rings. The Morgan fingerprint density at radius 2 is 1.88 bits per heavy atom. The normalized spacial score (nSPS) is 18.3. The van der Waals surface area contributed by atoms with E-state index in [1.807, 2.05) is 36.4 Å². The Morgan fingerprint density at radius 1 is 1.17 bits per heavy atom. The Hall–Kier alpha value is -1.47. The lowest BCUT2D eigenvalue weighted by atomic mass is 9.96. The molecule has 0 spiro atoms. The fraction of sp³-hybridized carbons (Fsp3) is 0.316. The number of likely N-dealkylation sites (tertiary alicyclic amines) is 1. The van der Waals surface area contributed by atoms with Crippen molar-refractivity contribution in [2.24, 2.45) is 5.92 Å². The molecule has 24 heavy (non-hydrogen) atoms. The molecular weight excluding hydrogens is 418 g/mol. The van der Waals surface area contributed by atoms with Crippen LogP contribution in [0.3, 0.4) is 0 Å². The molecule has 1 amide bonds. The molecule has 1 aliphatic rings. The van der Waals surface area contributed by atoms with Gasteiger partial charge in [-0.15, -0.1) is 0 Å². The van der Waals surface area contributed by atoms with E-state index in [2.05, 4.69) is 32.8 Å². The van der Waals surface area contributed by atoms with Gasteiger partial charge in [-0.05, 0) is 83.9 Å². The first-order valence-corrected chi connectivity index (χ1v) is 9.21. The number of anilines is 1. The van der Waals surface area contributed by atoms with Gasteiger partial charge < -0.3 is 5.32 Å². The van der Waals surface area contributed by atoms with Crippen molar-refractivity contribution in [3.8, 4) is 0 Å². The Balaban J connectivity index is 1.57. The molecule has 2 aromatic carbocycles. The second-order valence-electron chi connectivity index (χ2n) is 6.20. The van der Waals surface area contributed by atoms with E-state index in [-0.39, 0.29) is 17.6 Å². The number of amides is 1. The van der Waals surface area contributed by atoms with Crippen LogP contribution in [0.2, 0.25) is 0 Å². The molecule has 0 radical (unpaired) electrons. The minimum atomic E-state index is -0.216. The van der Waals surface area contributed by atoms with Crippen molar-refractivity contribution in [3.63, 3.8) is 0 Å². The summed E-state index contributed by atoms with van der Waals surface area (Å²) in [6.07, 6.45) is 1.92. The number of carbonyl (C=O) groups is 1. The quantitative estimate of drug-likeness (QED) is 0.723. The van der Waals surface area contributed by atoms with E-state index >= 15 is 0 Å². The van der Waals surface area contributed by atoms with E-state index < -0.39 is 0 Å². The smallest absolute Gasteiger partial charge is 0.228 e. The average molecular weight is 438 g/mol. The van der Waals surface area contributed by atoms with E-state index in [1.165, 1.54) is 12.1 Å². The number of carbonyl (C=O) groups excluding carboxylic acids is 1. The van der Waals surface area contributed by atoms with Gasteiger partial charge in [0, 0.05) is 22.3 Å². The molecule has 126 valence electrons. The highest BCUT2D eigenvalue weighted by molar-refractivity contribution is 14.1. The molecule has 2 aromatic rings. The predicted octanol–water partition coefficient (Wildman–Crippen LogP) is 4.28. The summed E-state index contributed by atoms with van der Waals surface area (Å²) < 4.78 is 14.1. The number of nitrogens with zero attached hydrogens (tertiary/aromatic N) is 1. The van der Waals surface area contributed by atoms with Crippen LogP contribution in [0, 0.1) is 15.3 Å². The highest BCUT2D eigenvalue weighted by Gasteiger charge is 2.25. The summed E-state index contributed by atoms with van der Waals surface area (Å²) in [5, 5.41) is 3.01. The van der Waals surface area contributed by atoms with Crippen LogP contribution in [0.4, 0.5) is 10.1 Å². The number of rotatable bonds is 4. The molecule has 1 atom stereocenters. The van der Waals surface area contributed by atoms with Gasteiger partial charge in [-0.2, -0.15) is 0 Å². The van der Waals surface area contributed by atoms with Crippen molar-refractivity contribution in [2.75, 3.05) is 18.4 Å². The standard InChI is InChI=1S/C19H20FIN2O/c20-16-5-3-14(4-6-16)12-23-11-1-2-15(13-23)19(24)22-18-9-7-17(21)8-10-18/h3-10,15H,1-2,11-13H2,(H,22,24). The first kappa shape index (κ1) is 17.4. The molecule has 1 heterocycles. The number of benzene rings is 2. The van der Waals surface area contributed by atoms with Crippen LogP contribution in [0.5, 0.6) is 0 Å². The number of halogens is 2. The topological polar surface area (TPSA) is 32.3 Å². The lowest BCUT2D eigenvalue weighted by molar-refractivity contribution is -0.121. The van der Waals surface area contributed by atoms with Crippen LogP contribution >= 0.6 is 22.6 Å². The minimum absolute atomic E-state index is 0.00141. The molecule has 0 aromatic heterocycles. The lowest BCUT2D eigenvalue weighted by Crippen LogP contribution is -2.40. The highest BCUT2D eigenvalue weighted by Crippen LogP contribution is 2.21. The Morgan fingerprint density at radius 3 is 2.58 bits per heavy atom. The Labute approximate surface area is 155 Å². The molecule has 3 nitrogen and oxygen atoms in total. The molecule has 0 saturated carbocycles. The number of piperidine rings is 1. The predicted molar refractivity (Wildman–Crippen MR) is 102 cm³/mol. The molecule has 1 aliphatic heterocycles. The van der Waals surface area contributed by atoms with Gasteiger partial charge >= 0.3 is 0 Å². The first-order valence-electron chi connectivity index (χ1n) is 8.13. The summed E-state index contributed by atoms with van der Waals surface area (Å²) in [6.45, 7) is 2.48. The van der Waals surface area contributed by atoms with Crippen LogP contribution in [-0.4, -0.2) is 23.9 Å². The number of hydrogen-bond acceptors (Lipinski definition) is 2. The molecular formula is C19H20FIN2O. The van der Waals surface area contributed by atoms with Gasteiger partial charge in [-0.25, -0.2) is 4.39 Å². The third kappa shape index (κ3) is 4.77. The average Bonchev–Trinajstić information content (AvgIpc) is 2.59. The third-order valence-electron chi connectivity index (χ3n) is 4.31. The van der Waals surface area contributed by atoms with Gasteiger partial charge in [-0.3, -0.25) is 9.69 Å². The van der Waals surface area contributed by atoms with Crippen molar-refractivity contribution in [2.45, 2.75) is 19.4 Å². The third-order valence-corrected chi connectivity index (χ3v) is 5.03. The van der Waals surface area contributed by atoms with Crippen LogP contribution < -0.4 is 5.32 Å². The largest absolute Gasteiger partial charge is 0.326 e. The summed E-state index contributed by atoms with van der Waals surface area (Å²) >= 11 is 2.25. The zero-order valence-electron chi connectivity index (χ0n) is 13.3. The number of nitrogens with one attached hydrogen (secondary N) is 1. The maximum absolute atomic E-state index is 13.0. The second kappa shape index (κ2) is 8.07. The highest BCUT2D eigenvalue weighted by atomic mass is 127. The van der Waals surface area contributed by atoms with Crippen molar-refractivity contribution in [3.05, 3.63) is 63.5 Å². The maximum atomic E-state index is 13.0. The van der Waals surface area contributed by atoms with Gasteiger partial charge in [0.2, 0.25) is 5.91 Å². The van der Waals surface area contributed by atoms with Gasteiger partial charge in [-0.1, -0.05) is 12.1 Å². The van der Waals surface area contributed by atoms with E-state index in [1.54, 1.807) is 0 Å². The molecule has 3 rings (SSSR count). The number of hydrogen-bond donors (Lipinski definition) is 1. The first-order chi connectivity index (χ1) is 11.6. The summed E-state index contributed by atoms with van der Waals surface area (Å²) in [6, 6.07) is 14.4. The van der Waals surface area contributed by atoms with Crippen molar-refractivity contribution < 1.29 is 9.18 Å². The van der Waals surface area contributed by atoms with Gasteiger partial charge in [0.05, 0.1) is 5.92 Å².